The molecule has 5 heterocycles. The largest absolute Gasteiger partial charge is 0.369 e. The second kappa shape index (κ2) is 6.51. The zero-order valence-electron chi connectivity index (χ0n) is 16.3. The molecule has 5 rings (SSSR count). The van der Waals surface area contributed by atoms with Gasteiger partial charge < -0.3 is 15.0 Å². The molecule has 3 aliphatic heterocycles. The second-order valence-electron chi connectivity index (χ2n) is 8.27. The van der Waals surface area contributed by atoms with Gasteiger partial charge in [0.2, 0.25) is 0 Å². The number of pyridine rings is 1. The summed E-state index contributed by atoms with van der Waals surface area (Å²) < 4.78 is 6.47. The fourth-order valence-electron chi connectivity index (χ4n) is 5.32. The molecule has 4 atom stereocenters. The lowest BCUT2D eigenvalue weighted by atomic mass is 9.73. The van der Waals surface area contributed by atoms with Gasteiger partial charge in [0.1, 0.15) is 5.82 Å². The van der Waals surface area contributed by atoms with E-state index in [4.69, 9.17) is 4.74 Å². The summed E-state index contributed by atoms with van der Waals surface area (Å²) in [6.45, 7) is 6.22. The molecule has 3 saturated heterocycles. The molecule has 0 aliphatic carbocycles. The van der Waals surface area contributed by atoms with E-state index in [1.807, 2.05) is 32.2 Å². The highest BCUT2D eigenvalue weighted by Crippen LogP contribution is 2.55. The summed E-state index contributed by atoms with van der Waals surface area (Å²) in [6.07, 6.45) is 7.64. The zero-order valence-corrected chi connectivity index (χ0v) is 16.3. The molecule has 28 heavy (non-hydrogen) atoms. The molecule has 0 unspecified atom stereocenters. The van der Waals surface area contributed by atoms with Crippen LogP contribution in [0.25, 0.3) is 0 Å². The average Bonchev–Trinajstić information content (AvgIpc) is 3.35. The van der Waals surface area contributed by atoms with Gasteiger partial charge in [0.15, 0.2) is 0 Å². The first-order valence-corrected chi connectivity index (χ1v) is 9.97. The monoisotopic (exact) mass is 379 g/mol. The number of ether oxygens (including phenoxy) is 1. The topological polar surface area (TPSA) is 80.2 Å². The molecule has 2 aromatic rings. The molecular weight excluding hydrogens is 354 g/mol. The van der Waals surface area contributed by atoms with Crippen LogP contribution in [-0.4, -0.2) is 52.2 Å². The summed E-state index contributed by atoms with van der Waals surface area (Å²) in [7, 11) is 0. The van der Waals surface area contributed by atoms with Crippen LogP contribution in [0.4, 0.5) is 5.82 Å². The summed E-state index contributed by atoms with van der Waals surface area (Å²) in [5, 5.41) is 3.14. The number of carbonyl (C=O) groups is 1. The van der Waals surface area contributed by atoms with Crippen molar-refractivity contribution in [2.45, 2.75) is 38.4 Å². The highest BCUT2D eigenvalue weighted by atomic mass is 16.5. The van der Waals surface area contributed by atoms with Gasteiger partial charge in [-0.1, -0.05) is 0 Å². The molecule has 0 aromatic carbocycles. The Bertz CT molecular complexity index is 905. The van der Waals surface area contributed by atoms with Gasteiger partial charge in [-0.25, -0.2) is 4.98 Å². The van der Waals surface area contributed by atoms with Crippen molar-refractivity contribution >= 4 is 11.7 Å². The Labute approximate surface area is 164 Å². The fraction of sp³-hybridized carbons (Fsp3) is 0.524. The van der Waals surface area contributed by atoms with E-state index >= 15 is 0 Å². The Morgan fingerprint density at radius 2 is 2.25 bits per heavy atom. The number of rotatable bonds is 4. The van der Waals surface area contributed by atoms with Crippen molar-refractivity contribution in [1.82, 2.24) is 20.3 Å². The Morgan fingerprint density at radius 3 is 3.04 bits per heavy atom. The minimum Gasteiger partial charge on any atom is -0.369 e. The maximum atomic E-state index is 12.7. The highest BCUT2D eigenvalue weighted by Gasteiger charge is 2.63. The van der Waals surface area contributed by atoms with E-state index in [-0.39, 0.29) is 17.6 Å². The number of aryl methyl sites for hydroxylation is 2. The summed E-state index contributed by atoms with van der Waals surface area (Å²) in [5.41, 5.74) is 2.25. The van der Waals surface area contributed by atoms with Gasteiger partial charge in [-0.15, -0.1) is 0 Å². The third kappa shape index (κ3) is 2.76. The number of nitrogens with one attached hydrogen (secondary N) is 1. The number of fused-ring (bicyclic) bond motifs is 1. The van der Waals surface area contributed by atoms with Crippen LogP contribution in [0, 0.1) is 25.7 Å². The van der Waals surface area contributed by atoms with E-state index in [1.54, 1.807) is 12.4 Å². The van der Waals surface area contributed by atoms with Crippen LogP contribution in [-0.2, 0) is 4.74 Å². The molecular formula is C21H25N5O2. The molecule has 2 aromatic heterocycles. The van der Waals surface area contributed by atoms with Gasteiger partial charge in [-0.05, 0) is 38.8 Å². The van der Waals surface area contributed by atoms with Crippen LogP contribution in [0.2, 0.25) is 0 Å². The molecule has 7 heteroatoms. The standard InChI is InChI=1S/C21H25N5O2/c1-13-3-4-15(14(2)25-13)20(27)24-9-16-17-11-26(19-10-22-7-8-23-19)12-21(17)6-5-18(16)28-21/h3-4,7-8,10,16-18H,5-6,9,11-12H2,1-2H3,(H,24,27)/t16-,17+,18+,21+/m0/s1. The third-order valence-electron chi connectivity index (χ3n) is 6.63. The lowest BCUT2D eigenvalue weighted by Gasteiger charge is -2.29. The SMILES string of the molecule is Cc1ccc(C(=O)NC[C@H]2[C@H]3CN(c4cnccn4)C[C@]34CC[C@H]2O4)c(C)n1. The summed E-state index contributed by atoms with van der Waals surface area (Å²) in [6, 6.07) is 3.74. The Balaban J connectivity index is 1.29. The minimum atomic E-state index is -0.0983. The number of hydrogen-bond donors (Lipinski definition) is 1. The molecule has 1 spiro atoms. The molecule has 0 saturated carbocycles. The number of aromatic nitrogens is 3. The smallest absolute Gasteiger partial charge is 0.253 e. The first-order valence-electron chi connectivity index (χ1n) is 9.97. The highest BCUT2D eigenvalue weighted by molar-refractivity contribution is 5.95. The number of carbonyl (C=O) groups excluding carboxylic acids is 1. The van der Waals surface area contributed by atoms with Gasteiger partial charge in [-0.3, -0.25) is 14.8 Å². The summed E-state index contributed by atoms with van der Waals surface area (Å²) >= 11 is 0. The maximum absolute atomic E-state index is 12.7. The van der Waals surface area contributed by atoms with Crippen molar-refractivity contribution in [2.24, 2.45) is 11.8 Å². The van der Waals surface area contributed by atoms with Crippen LogP contribution in [0.1, 0.15) is 34.6 Å². The van der Waals surface area contributed by atoms with E-state index < -0.39 is 0 Å². The average molecular weight is 379 g/mol. The molecule has 2 bridgehead atoms. The molecule has 3 fully saturated rings. The van der Waals surface area contributed by atoms with Gasteiger partial charge in [0.25, 0.3) is 5.91 Å². The fourth-order valence-corrected chi connectivity index (χ4v) is 5.32. The van der Waals surface area contributed by atoms with Gasteiger partial charge >= 0.3 is 0 Å². The third-order valence-corrected chi connectivity index (χ3v) is 6.63. The lowest BCUT2D eigenvalue weighted by molar-refractivity contribution is 0.0141. The van der Waals surface area contributed by atoms with Crippen LogP contribution in [0.5, 0.6) is 0 Å². The van der Waals surface area contributed by atoms with Crippen molar-refractivity contribution in [2.75, 3.05) is 24.5 Å². The summed E-state index contributed by atoms with van der Waals surface area (Å²) in [5.74, 6) is 1.59. The van der Waals surface area contributed by atoms with Crippen molar-refractivity contribution in [3.05, 3.63) is 47.7 Å². The van der Waals surface area contributed by atoms with Gasteiger partial charge in [0.05, 0.1) is 29.2 Å². The predicted molar refractivity (Wildman–Crippen MR) is 104 cm³/mol. The second-order valence-corrected chi connectivity index (χ2v) is 8.27. The van der Waals surface area contributed by atoms with Gasteiger partial charge in [-0.2, -0.15) is 0 Å². The Kier molecular flexibility index (Phi) is 4.08. The molecule has 7 nitrogen and oxygen atoms in total. The number of nitrogens with zero attached hydrogens (tertiary/aromatic N) is 4. The van der Waals surface area contributed by atoms with Gasteiger partial charge in [0, 0.05) is 49.6 Å². The zero-order chi connectivity index (χ0) is 19.3. The van der Waals surface area contributed by atoms with E-state index in [9.17, 15) is 4.79 Å². The van der Waals surface area contributed by atoms with E-state index in [1.165, 1.54) is 0 Å². The normalized spacial score (nSPS) is 30.5. The lowest BCUT2D eigenvalue weighted by Crippen LogP contribution is -2.42. The predicted octanol–water partition coefficient (Wildman–Crippen LogP) is 1.90. The minimum absolute atomic E-state index is 0.0504. The molecule has 3 aliphatic rings. The number of amides is 1. The van der Waals surface area contributed by atoms with Crippen molar-refractivity contribution in [3.63, 3.8) is 0 Å². The first-order chi connectivity index (χ1) is 13.6. The van der Waals surface area contributed by atoms with Crippen LogP contribution in [0.15, 0.2) is 30.7 Å². The summed E-state index contributed by atoms with van der Waals surface area (Å²) in [4.78, 5) is 28.0. The van der Waals surface area contributed by atoms with Crippen molar-refractivity contribution < 1.29 is 9.53 Å². The Morgan fingerprint density at radius 1 is 1.36 bits per heavy atom. The number of hydrogen-bond acceptors (Lipinski definition) is 6. The number of anilines is 1. The van der Waals surface area contributed by atoms with Crippen LogP contribution < -0.4 is 10.2 Å². The van der Waals surface area contributed by atoms with E-state index in [0.29, 0.717) is 23.9 Å². The molecule has 1 N–H and O–H groups in total. The van der Waals surface area contributed by atoms with Crippen LogP contribution >= 0.6 is 0 Å². The van der Waals surface area contributed by atoms with Crippen molar-refractivity contribution in [3.8, 4) is 0 Å². The molecule has 146 valence electrons. The molecule has 0 radical (unpaired) electrons. The van der Waals surface area contributed by atoms with Crippen molar-refractivity contribution in [1.29, 1.82) is 0 Å². The maximum Gasteiger partial charge on any atom is 0.253 e. The van der Waals surface area contributed by atoms with E-state index in [2.05, 4.69) is 25.2 Å². The Hall–Kier alpha value is -2.54. The quantitative estimate of drug-likeness (QED) is 0.874. The van der Waals surface area contributed by atoms with Crippen LogP contribution in [0.3, 0.4) is 0 Å². The first kappa shape index (κ1) is 17.6. The van der Waals surface area contributed by atoms with E-state index in [0.717, 1.165) is 43.1 Å². The molecule has 1 amide bonds.